The largest absolute Gasteiger partial charge is 0.417 e. The maximum Gasteiger partial charge on any atom is 0.417 e. The molecule has 0 bridgehead atoms. The van der Waals surface area contributed by atoms with Crippen LogP contribution in [-0.4, -0.2) is 18.1 Å². The van der Waals surface area contributed by atoms with Crippen LogP contribution >= 0.6 is 0 Å². The molecule has 2 nitrogen and oxygen atoms in total. The lowest BCUT2D eigenvalue weighted by molar-refractivity contribution is -0.136. The van der Waals surface area contributed by atoms with Gasteiger partial charge >= 0.3 is 6.18 Å². The molecule has 1 fully saturated rings. The molecule has 20 heavy (non-hydrogen) atoms. The number of para-hydroxylation sites is 1. The molecule has 0 N–H and O–H groups in total. The van der Waals surface area contributed by atoms with Gasteiger partial charge in [-0.05, 0) is 31.4 Å². The van der Waals surface area contributed by atoms with Gasteiger partial charge < -0.3 is 4.90 Å². The van der Waals surface area contributed by atoms with E-state index >= 15 is 0 Å². The fourth-order valence-electron chi connectivity index (χ4n) is 2.72. The number of nitrogens with zero attached hydrogens (tertiary/aromatic N) is 2. The summed E-state index contributed by atoms with van der Waals surface area (Å²) in [7, 11) is 0. The van der Waals surface area contributed by atoms with Crippen LogP contribution in [0, 0.1) is 6.92 Å². The first-order valence-corrected chi connectivity index (χ1v) is 6.69. The predicted molar refractivity (Wildman–Crippen MR) is 72.9 cm³/mol. The molecule has 0 radical (unpaired) electrons. The van der Waals surface area contributed by atoms with E-state index in [4.69, 9.17) is 0 Å². The van der Waals surface area contributed by atoms with Crippen LogP contribution in [0.3, 0.4) is 0 Å². The summed E-state index contributed by atoms with van der Waals surface area (Å²) < 4.78 is 39.8. The van der Waals surface area contributed by atoms with Gasteiger partial charge in [0, 0.05) is 18.5 Å². The van der Waals surface area contributed by atoms with Gasteiger partial charge in [-0.1, -0.05) is 18.2 Å². The van der Waals surface area contributed by atoms with Crippen molar-refractivity contribution >= 4 is 16.7 Å². The summed E-state index contributed by atoms with van der Waals surface area (Å²) in [5, 5.41) is 0.181. The molecular weight excluding hydrogens is 265 g/mol. The number of rotatable bonds is 1. The lowest BCUT2D eigenvalue weighted by Gasteiger charge is -2.20. The molecule has 1 saturated heterocycles. The molecule has 2 aromatic rings. The van der Waals surface area contributed by atoms with Crippen molar-refractivity contribution in [2.75, 3.05) is 18.0 Å². The minimum atomic E-state index is -4.36. The molecule has 1 aliphatic rings. The molecule has 106 valence electrons. The zero-order chi connectivity index (χ0) is 14.3. The molecule has 1 aromatic carbocycles. The Hall–Kier alpha value is -1.78. The predicted octanol–water partition coefficient (Wildman–Crippen LogP) is 4.16. The highest BCUT2D eigenvalue weighted by molar-refractivity contribution is 5.87. The van der Waals surface area contributed by atoms with E-state index in [-0.39, 0.29) is 5.39 Å². The number of hydrogen-bond acceptors (Lipinski definition) is 2. The Morgan fingerprint density at radius 2 is 1.85 bits per heavy atom. The third-order valence-electron chi connectivity index (χ3n) is 3.76. The van der Waals surface area contributed by atoms with Crippen molar-refractivity contribution < 1.29 is 13.2 Å². The van der Waals surface area contributed by atoms with Crippen LogP contribution in [0.25, 0.3) is 10.9 Å². The average Bonchev–Trinajstić information content (AvgIpc) is 2.91. The Balaban J connectivity index is 2.26. The summed E-state index contributed by atoms with van der Waals surface area (Å²) in [6, 6.07) is 6.12. The smallest absolute Gasteiger partial charge is 0.357 e. The van der Waals surface area contributed by atoms with Crippen molar-refractivity contribution in [2.45, 2.75) is 25.9 Å². The van der Waals surface area contributed by atoms with Crippen molar-refractivity contribution in [3.8, 4) is 0 Å². The number of aromatic nitrogens is 1. The highest BCUT2D eigenvalue weighted by Gasteiger charge is 2.34. The van der Waals surface area contributed by atoms with Crippen molar-refractivity contribution in [3.63, 3.8) is 0 Å². The highest BCUT2D eigenvalue weighted by Crippen LogP contribution is 2.37. The summed E-state index contributed by atoms with van der Waals surface area (Å²) >= 11 is 0. The van der Waals surface area contributed by atoms with Gasteiger partial charge in [-0.25, -0.2) is 4.98 Å². The maximum atomic E-state index is 13.3. The molecule has 5 heteroatoms. The number of aryl methyl sites for hydroxylation is 1. The summed E-state index contributed by atoms with van der Waals surface area (Å²) in [6.45, 7) is 3.35. The summed E-state index contributed by atoms with van der Waals surface area (Å²) in [5.41, 5.74) is 0.631. The molecule has 0 unspecified atom stereocenters. The Kier molecular flexibility index (Phi) is 3.07. The molecule has 0 saturated carbocycles. The maximum absolute atomic E-state index is 13.3. The molecule has 0 aliphatic carbocycles. The molecule has 1 aliphatic heterocycles. The van der Waals surface area contributed by atoms with Gasteiger partial charge in [0.05, 0.1) is 11.1 Å². The average molecular weight is 280 g/mol. The number of hydrogen-bond donors (Lipinski definition) is 0. The monoisotopic (exact) mass is 280 g/mol. The second kappa shape index (κ2) is 4.65. The lowest BCUT2D eigenvalue weighted by atomic mass is 10.0. The van der Waals surface area contributed by atoms with E-state index in [1.54, 1.807) is 19.1 Å². The standard InChI is InChI=1S/C15H15F3N2/c1-10-5-4-6-11-12(15(16,17)18)9-13(19-14(10)11)20-7-2-3-8-20/h4-6,9H,2-3,7-8H2,1H3. The first kappa shape index (κ1) is 13.2. The summed E-state index contributed by atoms with van der Waals surface area (Å²) in [6.07, 6.45) is -2.34. The van der Waals surface area contributed by atoms with Gasteiger partial charge in [0.1, 0.15) is 5.82 Å². The van der Waals surface area contributed by atoms with Crippen molar-refractivity contribution in [2.24, 2.45) is 0 Å². The normalized spacial score (nSPS) is 16.1. The van der Waals surface area contributed by atoms with Gasteiger partial charge in [-0.2, -0.15) is 13.2 Å². The third kappa shape index (κ3) is 2.21. The van der Waals surface area contributed by atoms with E-state index < -0.39 is 11.7 Å². The van der Waals surface area contributed by atoms with Gasteiger partial charge in [0.2, 0.25) is 0 Å². The Labute approximate surface area is 115 Å². The Bertz CT molecular complexity index is 643. The van der Waals surface area contributed by atoms with Crippen LogP contribution < -0.4 is 4.90 Å². The second-order valence-electron chi connectivity index (χ2n) is 5.19. The quantitative estimate of drug-likeness (QED) is 0.779. The SMILES string of the molecule is Cc1cccc2c(C(F)(F)F)cc(N3CCCC3)nc12. The van der Waals surface area contributed by atoms with Crippen LogP contribution in [0.2, 0.25) is 0 Å². The van der Waals surface area contributed by atoms with Crippen molar-refractivity contribution in [1.82, 2.24) is 4.98 Å². The Morgan fingerprint density at radius 3 is 2.50 bits per heavy atom. The molecule has 0 atom stereocenters. The van der Waals surface area contributed by atoms with E-state index in [1.165, 1.54) is 12.1 Å². The van der Waals surface area contributed by atoms with Crippen LogP contribution in [0.1, 0.15) is 24.0 Å². The zero-order valence-electron chi connectivity index (χ0n) is 11.2. The first-order valence-electron chi connectivity index (χ1n) is 6.69. The topological polar surface area (TPSA) is 16.1 Å². The number of anilines is 1. The summed E-state index contributed by atoms with van der Waals surface area (Å²) in [5.74, 6) is 0.441. The lowest BCUT2D eigenvalue weighted by Crippen LogP contribution is -2.20. The zero-order valence-corrected chi connectivity index (χ0v) is 11.2. The van der Waals surface area contributed by atoms with Crippen molar-refractivity contribution in [3.05, 3.63) is 35.4 Å². The molecule has 3 rings (SSSR count). The molecule has 0 spiro atoms. The van der Waals surface area contributed by atoms with E-state index in [0.29, 0.717) is 11.3 Å². The second-order valence-corrected chi connectivity index (χ2v) is 5.19. The van der Waals surface area contributed by atoms with E-state index in [2.05, 4.69) is 4.98 Å². The fourth-order valence-corrected chi connectivity index (χ4v) is 2.72. The number of fused-ring (bicyclic) bond motifs is 1. The number of alkyl halides is 3. The third-order valence-corrected chi connectivity index (χ3v) is 3.76. The minimum absolute atomic E-state index is 0.181. The summed E-state index contributed by atoms with van der Waals surface area (Å²) in [4.78, 5) is 6.39. The van der Waals surface area contributed by atoms with Gasteiger partial charge in [-0.3, -0.25) is 0 Å². The molecule has 1 aromatic heterocycles. The number of benzene rings is 1. The molecule has 2 heterocycles. The number of halogens is 3. The van der Waals surface area contributed by atoms with Gasteiger partial charge in [0.25, 0.3) is 0 Å². The van der Waals surface area contributed by atoms with Crippen LogP contribution in [-0.2, 0) is 6.18 Å². The number of pyridine rings is 1. The Morgan fingerprint density at radius 1 is 1.15 bits per heavy atom. The van der Waals surface area contributed by atoms with Gasteiger partial charge in [0.15, 0.2) is 0 Å². The van der Waals surface area contributed by atoms with E-state index in [1.807, 2.05) is 4.90 Å². The van der Waals surface area contributed by atoms with E-state index in [0.717, 1.165) is 31.5 Å². The minimum Gasteiger partial charge on any atom is -0.357 e. The van der Waals surface area contributed by atoms with E-state index in [9.17, 15) is 13.2 Å². The first-order chi connectivity index (χ1) is 9.47. The van der Waals surface area contributed by atoms with Crippen LogP contribution in [0.4, 0.5) is 19.0 Å². The fraction of sp³-hybridized carbons (Fsp3) is 0.400. The van der Waals surface area contributed by atoms with Crippen molar-refractivity contribution in [1.29, 1.82) is 0 Å². The highest BCUT2D eigenvalue weighted by atomic mass is 19.4. The van der Waals surface area contributed by atoms with Crippen LogP contribution in [0.15, 0.2) is 24.3 Å². The van der Waals surface area contributed by atoms with Gasteiger partial charge in [-0.15, -0.1) is 0 Å². The molecule has 0 amide bonds. The van der Waals surface area contributed by atoms with Crippen LogP contribution in [0.5, 0.6) is 0 Å². The molecular formula is C15H15F3N2.